The van der Waals surface area contributed by atoms with Crippen LogP contribution in [0.3, 0.4) is 0 Å². The first-order chi connectivity index (χ1) is 15.4. The smallest absolute Gasteiger partial charge is 0.273 e. The van der Waals surface area contributed by atoms with Crippen LogP contribution in [-0.4, -0.2) is 24.0 Å². The van der Waals surface area contributed by atoms with Gasteiger partial charge in [-0.15, -0.1) is 0 Å². The number of nitrogens with one attached hydrogen (secondary N) is 1. The Labute approximate surface area is 186 Å². The van der Waals surface area contributed by atoms with Crippen LogP contribution in [0.1, 0.15) is 25.0 Å². The molecule has 0 unspecified atom stereocenters. The van der Waals surface area contributed by atoms with E-state index in [4.69, 9.17) is 9.47 Å². The number of rotatable bonds is 8. The van der Waals surface area contributed by atoms with Gasteiger partial charge < -0.3 is 14.8 Å². The summed E-state index contributed by atoms with van der Waals surface area (Å²) in [7, 11) is 1.39. The highest BCUT2D eigenvalue weighted by Gasteiger charge is 2.17. The van der Waals surface area contributed by atoms with Gasteiger partial charge in [-0.2, -0.15) is 0 Å². The number of carbonyl (C=O) groups is 1. The van der Waals surface area contributed by atoms with Gasteiger partial charge in [0.25, 0.3) is 11.6 Å². The van der Waals surface area contributed by atoms with Crippen molar-refractivity contribution in [2.45, 2.75) is 20.0 Å². The van der Waals surface area contributed by atoms with Gasteiger partial charge in [-0.05, 0) is 49.2 Å². The van der Waals surface area contributed by atoms with Crippen molar-refractivity contribution in [1.82, 2.24) is 0 Å². The molecular formula is C25H24N2O5. The van der Waals surface area contributed by atoms with Crippen molar-refractivity contribution >= 4 is 28.9 Å². The largest absolute Gasteiger partial charge is 0.494 e. The van der Waals surface area contributed by atoms with Gasteiger partial charge in [0.1, 0.15) is 11.5 Å². The van der Waals surface area contributed by atoms with Gasteiger partial charge in [0.2, 0.25) is 0 Å². The molecule has 164 valence electrons. The summed E-state index contributed by atoms with van der Waals surface area (Å²) in [6.45, 7) is 3.91. The van der Waals surface area contributed by atoms with Gasteiger partial charge in [0, 0.05) is 11.6 Å². The highest BCUT2D eigenvalue weighted by molar-refractivity contribution is 6.29. The third-order valence-electron chi connectivity index (χ3n) is 4.54. The topological polar surface area (TPSA) is 90.7 Å². The maximum atomic E-state index is 13.2. The molecule has 3 aromatic rings. The van der Waals surface area contributed by atoms with Gasteiger partial charge in [-0.3, -0.25) is 14.9 Å². The standard InChI is InChI=1S/C25H24N2O5/c1-17(2)32-21-12-9-18(10-13-21)15-22(19-7-5-4-6-8-19)25(28)26-23-14-11-20(27(29)30)16-24(23)31-3/h4-17H,1-3H3,(H,26,28)/b22-15+. The number of carbonyl (C=O) groups excluding carboxylic acids is 1. The molecular weight excluding hydrogens is 408 g/mol. The van der Waals surface area contributed by atoms with Crippen LogP contribution in [0.2, 0.25) is 0 Å². The van der Waals surface area contributed by atoms with Crippen LogP contribution < -0.4 is 14.8 Å². The number of nitrogens with zero attached hydrogens (tertiary/aromatic N) is 1. The molecule has 0 atom stereocenters. The SMILES string of the molecule is COc1cc([N+](=O)[O-])ccc1NC(=O)/C(=C/c1ccc(OC(C)C)cc1)c1ccccc1. The Morgan fingerprint density at radius 2 is 1.72 bits per heavy atom. The Morgan fingerprint density at radius 3 is 2.31 bits per heavy atom. The quantitative estimate of drug-likeness (QED) is 0.217. The lowest BCUT2D eigenvalue weighted by atomic mass is 10.0. The van der Waals surface area contributed by atoms with Gasteiger partial charge in [0.05, 0.1) is 29.9 Å². The molecule has 0 aromatic heterocycles. The summed E-state index contributed by atoms with van der Waals surface area (Å²) < 4.78 is 10.9. The highest BCUT2D eigenvalue weighted by Crippen LogP contribution is 2.30. The number of hydrogen-bond donors (Lipinski definition) is 1. The molecule has 1 amide bonds. The van der Waals surface area contributed by atoms with Crippen LogP contribution in [0.25, 0.3) is 11.6 Å². The molecule has 0 bridgehead atoms. The van der Waals surface area contributed by atoms with Crippen molar-refractivity contribution in [1.29, 1.82) is 0 Å². The average molecular weight is 432 g/mol. The van der Waals surface area contributed by atoms with E-state index in [9.17, 15) is 14.9 Å². The number of ether oxygens (including phenoxy) is 2. The van der Waals surface area contributed by atoms with E-state index in [0.29, 0.717) is 11.3 Å². The molecule has 0 spiro atoms. The van der Waals surface area contributed by atoms with E-state index in [1.165, 1.54) is 25.3 Å². The molecule has 0 aliphatic rings. The van der Waals surface area contributed by atoms with Crippen LogP contribution in [0.5, 0.6) is 11.5 Å². The summed E-state index contributed by atoms with van der Waals surface area (Å²) in [6, 6.07) is 20.8. The van der Waals surface area contributed by atoms with Crippen molar-refractivity contribution in [3.05, 3.63) is 94.0 Å². The van der Waals surface area contributed by atoms with Crippen LogP contribution >= 0.6 is 0 Å². The van der Waals surface area contributed by atoms with Gasteiger partial charge >= 0.3 is 0 Å². The van der Waals surface area contributed by atoms with Crippen LogP contribution in [0.15, 0.2) is 72.8 Å². The predicted octanol–water partition coefficient (Wildman–Crippen LogP) is 5.57. The summed E-state index contributed by atoms with van der Waals surface area (Å²) >= 11 is 0. The maximum Gasteiger partial charge on any atom is 0.273 e. The van der Waals surface area contributed by atoms with Crippen molar-refractivity contribution < 1.29 is 19.2 Å². The minimum atomic E-state index is -0.518. The number of benzene rings is 3. The first-order valence-corrected chi connectivity index (χ1v) is 10.0. The highest BCUT2D eigenvalue weighted by atomic mass is 16.6. The van der Waals surface area contributed by atoms with E-state index in [0.717, 1.165) is 16.9 Å². The summed E-state index contributed by atoms with van der Waals surface area (Å²) in [4.78, 5) is 23.7. The summed E-state index contributed by atoms with van der Waals surface area (Å²) in [5.74, 6) is 0.583. The zero-order valence-electron chi connectivity index (χ0n) is 18.1. The van der Waals surface area contributed by atoms with Crippen LogP contribution in [-0.2, 0) is 4.79 Å². The van der Waals surface area contributed by atoms with Crippen LogP contribution in [0.4, 0.5) is 11.4 Å². The fourth-order valence-electron chi connectivity index (χ4n) is 3.07. The van der Waals surface area contributed by atoms with E-state index < -0.39 is 4.92 Å². The lowest BCUT2D eigenvalue weighted by Crippen LogP contribution is -2.14. The predicted molar refractivity (Wildman–Crippen MR) is 125 cm³/mol. The molecule has 0 fully saturated rings. The molecule has 0 saturated carbocycles. The lowest BCUT2D eigenvalue weighted by Gasteiger charge is -2.13. The molecule has 3 aromatic carbocycles. The van der Waals surface area contributed by atoms with E-state index in [1.807, 2.05) is 68.4 Å². The normalized spacial score (nSPS) is 11.2. The Morgan fingerprint density at radius 1 is 1.03 bits per heavy atom. The molecule has 32 heavy (non-hydrogen) atoms. The van der Waals surface area contributed by atoms with Crippen molar-refractivity contribution in [3.63, 3.8) is 0 Å². The van der Waals surface area contributed by atoms with E-state index >= 15 is 0 Å². The molecule has 0 aliphatic carbocycles. The zero-order valence-corrected chi connectivity index (χ0v) is 18.1. The number of hydrogen-bond acceptors (Lipinski definition) is 5. The Kier molecular flexibility index (Phi) is 7.23. The van der Waals surface area contributed by atoms with Gasteiger partial charge in [-0.1, -0.05) is 42.5 Å². The Bertz CT molecular complexity index is 1120. The molecule has 0 heterocycles. The maximum absolute atomic E-state index is 13.2. The fourth-order valence-corrected chi connectivity index (χ4v) is 3.07. The number of nitro benzene ring substituents is 1. The fraction of sp³-hybridized carbons (Fsp3) is 0.160. The van der Waals surface area contributed by atoms with E-state index in [1.54, 1.807) is 6.08 Å². The second kappa shape index (κ2) is 10.3. The number of nitro groups is 1. The zero-order chi connectivity index (χ0) is 23.1. The second-order valence-electron chi connectivity index (χ2n) is 7.26. The second-order valence-corrected chi connectivity index (χ2v) is 7.26. The van der Waals surface area contributed by atoms with Crippen molar-refractivity contribution in [3.8, 4) is 11.5 Å². The lowest BCUT2D eigenvalue weighted by molar-refractivity contribution is -0.384. The monoisotopic (exact) mass is 432 g/mol. The summed E-state index contributed by atoms with van der Waals surface area (Å²) in [6.07, 6.45) is 1.85. The number of anilines is 1. The number of amides is 1. The summed E-state index contributed by atoms with van der Waals surface area (Å²) in [5.41, 5.74) is 2.20. The summed E-state index contributed by atoms with van der Waals surface area (Å²) in [5, 5.41) is 13.8. The molecule has 0 radical (unpaired) electrons. The van der Waals surface area contributed by atoms with E-state index in [-0.39, 0.29) is 23.4 Å². The van der Waals surface area contributed by atoms with Gasteiger partial charge in [0.15, 0.2) is 0 Å². The third kappa shape index (κ3) is 5.72. The van der Waals surface area contributed by atoms with E-state index in [2.05, 4.69) is 5.32 Å². The average Bonchev–Trinajstić information content (AvgIpc) is 2.78. The van der Waals surface area contributed by atoms with Crippen LogP contribution in [0, 0.1) is 10.1 Å². The molecule has 0 saturated heterocycles. The molecule has 7 nitrogen and oxygen atoms in total. The van der Waals surface area contributed by atoms with Crippen molar-refractivity contribution in [2.75, 3.05) is 12.4 Å². The Hall–Kier alpha value is -4.13. The van der Waals surface area contributed by atoms with Crippen molar-refractivity contribution in [2.24, 2.45) is 0 Å². The number of methoxy groups -OCH3 is 1. The van der Waals surface area contributed by atoms with Gasteiger partial charge in [-0.25, -0.2) is 0 Å². The molecule has 3 rings (SSSR count). The molecule has 1 N–H and O–H groups in total. The molecule has 7 heteroatoms. The third-order valence-corrected chi connectivity index (χ3v) is 4.54. The Balaban J connectivity index is 1.94. The first kappa shape index (κ1) is 22.6. The minimum Gasteiger partial charge on any atom is -0.494 e. The first-order valence-electron chi connectivity index (χ1n) is 10.0. The molecule has 0 aliphatic heterocycles. The number of non-ortho nitro benzene ring substituents is 1. The minimum absolute atomic E-state index is 0.0683.